The highest BCUT2D eigenvalue weighted by molar-refractivity contribution is 6.30. The summed E-state index contributed by atoms with van der Waals surface area (Å²) >= 11 is 6.13. The SMILES string of the molecule is Clc1cccc(-c2ccccc2/C=C/CC2CCNCC2)c1. The molecule has 0 amide bonds. The van der Waals surface area contributed by atoms with Gasteiger partial charge in [-0.05, 0) is 67.1 Å². The predicted octanol–water partition coefficient (Wildman–Crippen LogP) is 5.41. The first kappa shape index (κ1) is 15.3. The third-order valence-electron chi connectivity index (χ3n) is 4.32. The van der Waals surface area contributed by atoms with Crippen LogP contribution in [0.2, 0.25) is 5.02 Å². The Labute approximate surface area is 138 Å². The first-order valence-electron chi connectivity index (χ1n) is 8.05. The van der Waals surface area contributed by atoms with E-state index in [4.69, 9.17) is 11.6 Å². The largest absolute Gasteiger partial charge is 0.317 e. The van der Waals surface area contributed by atoms with Crippen LogP contribution in [0.3, 0.4) is 0 Å². The first-order valence-corrected chi connectivity index (χ1v) is 8.43. The van der Waals surface area contributed by atoms with E-state index < -0.39 is 0 Å². The number of hydrogen-bond acceptors (Lipinski definition) is 1. The summed E-state index contributed by atoms with van der Waals surface area (Å²) in [4.78, 5) is 0. The van der Waals surface area contributed by atoms with Crippen molar-refractivity contribution < 1.29 is 0 Å². The summed E-state index contributed by atoms with van der Waals surface area (Å²) in [7, 11) is 0. The first-order chi connectivity index (χ1) is 10.8. The van der Waals surface area contributed by atoms with Crippen LogP contribution in [0.15, 0.2) is 54.6 Å². The lowest BCUT2D eigenvalue weighted by Gasteiger charge is -2.21. The van der Waals surface area contributed by atoms with E-state index in [9.17, 15) is 0 Å². The number of hydrogen-bond donors (Lipinski definition) is 1. The molecule has 2 heteroatoms. The molecule has 114 valence electrons. The van der Waals surface area contributed by atoms with Gasteiger partial charge in [0.15, 0.2) is 0 Å². The Morgan fingerprint density at radius 2 is 1.86 bits per heavy atom. The molecule has 0 aliphatic carbocycles. The van der Waals surface area contributed by atoms with Gasteiger partial charge >= 0.3 is 0 Å². The molecular formula is C20H22ClN. The molecule has 1 fully saturated rings. The van der Waals surface area contributed by atoms with Crippen molar-refractivity contribution in [2.45, 2.75) is 19.3 Å². The van der Waals surface area contributed by atoms with E-state index >= 15 is 0 Å². The highest BCUT2D eigenvalue weighted by atomic mass is 35.5. The molecule has 2 aromatic carbocycles. The summed E-state index contributed by atoms with van der Waals surface area (Å²) in [5.41, 5.74) is 3.68. The van der Waals surface area contributed by atoms with E-state index in [1.54, 1.807) is 0 Å². The molecule has 2 aromatic rings. The average molecular weight is 312 g/mol. The molecule has 0 unspecified atom stereocenters. The lowest BCUT2D eigenvalue weighted by Crippen LogP contribution is -2.27. The number of piperidine rings is 1. The fraction of sp³-hybridized carbons (Fsp3) is 0.300. The van der Waals surface area contributed by atoms with Gasteiger partial charge in [-0.1, -0.05) is 60.2 Å². The third kappa shape index (κ3) is 4.00. The molecule has 3 rings (SSSR count). The molecule has 22 heavy (non-hydrogen) atoms. The van der Waals surface area contributed by atoms with E-state index in [-0.39, 0.29) is 0 Å². The summed E-state index contributed by atoms with van der Waals surface area (Å²) in [6.45, 7) is 2.33. The lowest BCUT2D eigenvalue weighted by atomic mass is 9.93. The second-order valence-electron chi connectivity index (χ2n) is 5.93. The Balaban J connectivity index is 1.76. The summed E-state index contributed by atoms with van der Waals surface area (Å²) in [5.74, 6) is 0.829. The number of rotatable bonds is 4. The van der Waals surface area contributed by atoms with Crippen LogP contribution in [0.1, 0.15) is 24.8 Å². The van der Waals surface area contributed by atoms with E-state index in [2.05, 4.69) is 47.8 Å². The van der Waals surface area contributed by atoms with Gasteiger partial charge in [0.1, 0.15) is 0 Å². The zero-order chi connectivity index (χ0) is 15.2. The minimum absolute atomic E-state index is 0.783. The number of allylic oxidation sites excluding steroid dienone is 1. The van der Waals surface area contributed by atoms with Crippen molar-refractivity contribution in [1.29, 1.82) is 0 Å². The maximum atomic E-state index is 6.13. The monoisotopic (exact) mass is 311 g/mol. The summed E-state index contributed by atoms with van der Waals surface area (Å²) in [5, 5.41) is 4.21. The van der Waals surface area contributed by atoms with Crippen molar-refractivity contribution >= 4 is 17.7 Å². The molecular weight excluding hydrogens is 290 g/mol. The Kier molecular flexibility index (Phi) is 5.31. The van der Waals surface area contributed by atoms with Crippen LogP contribution in [0.5, 0.6) is 0 Å². The Bertz CT molecular complexity index is 642. The smallest absolute Gasteiger partial charge is 0.0412 e. The van der Waals surface area contributed by atoms with E-state index in [0.29, 0.717) is 0 Å². The van der Waals surface area contributed by atoms with Gasteiger partial charge in [-0.2, -0.15) is 0 Å². The third-order valence-corrected chi connectivity index (χ3v) is 4.56. The van der Waals surface area contributed by atoms with Crippen molar-refractivity contribution in [1.82, 2.24) is 5.32 Å². The number of halogens is 1. The summed E-state index contributed by atoms with van der Waals surface area (Å²) in [6.07, 6.45) is 8.35. The molecule has 0 saturated carbocycles. The Morgan fingerprint density at radius 1 is 1.05 bits per heavy atom. The molecule has 0 atom stereocenters. The van der Waals surface area contributed by atoms with Crippen molar-refractivity contribution in [2.24, 2.45) is 5.92 Å². The second kappa shape index (κ2) is 7.62. The van der Waals surface area contributed by atoms with E-state index in [1.165, 1.54) is 36.0 Å². The molecule has 0 spiro atoms. The van der Waals surface area contributed by atoms with Gasteiger partial charge in [-0.3, -0.25) is 0 Å². The van der Waals surface area contributed by atoms with Crippen LogP contribution in [0.25, 0.3) is 17.2 Å². The molecule has 1 saturated heterocycles. The van der Waals surface area contributed by atoms with Gasteiger partial charge in [-0.25, -0.2) is 0 Å². The van der Waals surface area contributed by atoms with Gasteiger partial charge in [0.05, 0.1) is 0 Å². The van der Waals surface area contributed by atoms with Crippen molar-refractivity contribution in [3.05, 3.63) is 65.2 Å². The quantitative estimate of drug-likeness (QED) is 0.796. The van der Waals surface area contributed by atoms with Gasteiger partial charge in [0.25, 0.3) is 0 Å². The van der Waals surface area contributed by atoms with Crippen LogP contribution < -0.4 is 5.32 Å². The van der Waals surface area contributed by atoms with Crippen molar-refractivity contribution in [2.75, 3.05) is 13.1 Å². The minimum Gasteiger partial charge on any atom is -0.317 e. The highest BCUT2D eigenvalue weighted by Crippen LogP contribution is 2.27. The number of nitrogens with one attached hydrogen (secondary N) is 1. The topological polar surface area (TPSA) is 12.0 Å². The summed E-state index contributed by atoms with van der Waals surface area (Å²) in [6, 6.07) is 16.6. The van der Waals surface area contributed by atoms with Gasteiger partial charge in [0.2, 0.25) is 0 Å². The van der Waals surface area contributed by atoms with Crippen LogP contribution >= 0.6 is 11.6 Å². The molecule has 0 bridgehead atoms. The maximum Gasteiger partial charge on any atom is 0.0412 e. The lowest BCUT2D eigenvalue weighted by molar-refractivity contribution is 0.378. The van der Waals surface area contributed by atoms with Crippen LogP contribution in [0.4, 0.5) is 0 Å². The molecule has 1 nitrogen and oxygen atoms in total. The standard InChI is InChI=1S/C20H22ClN/c21-19-9-4-8-18(15-19)20-10-2-1-6-17(20)7-3-5-16-11-13-22-14-12-16/h1-4,6-10,15-16,22H,5,11-14H2/b7-3+. The van der Waals surface area contributed by atoms with E-state index in [0.717, 1.165) is 24.0 Å². The van der Waals surface area contributed by atoms with Crippen LogP contribution in [-0.4, -0.2) is 13.1 Å². The number of benzene rings is 2. The van der Waals surface area contributed by atoms with E-state index in [1.807, 2.05) is 18.2 Å². The zero-order valence-corrected chi connectivity index (χ0v) is 13.5. The van der Waals surface area contributed by atoms with Crippen molar-refractivity contribution in [3.8, 4) is 11.1 Å². The zero-order valence-electron chi connectivity index (χ0n) is 12.8. The fourth-order valence-electron chi connectivity index (χ4n) is 3.07. The maximum absolute atomic E-state index is 6.13. The second-order valence-corrected chi connectivity index (χ2v) is 6.37. The van der Waals surface area contributed by atoms with Crippen molar-refractivity contribution in [3.63, 3.8) is 0 Å². The fourth-order valence-corrected chi connectivity index (χ4v) is 3.26. The molecule has 0 aromatic heterocycles. The normalized spacial score (nSPS) is 16.2. The minimum atomic E-state index is 0.783. The average Bonchev–Trinajstić information content (AvgIpc) is 2.56. The highest BCUT2D eigenvalue weighted by Gasteiger charge is 2.10. The van der Waals surface area contributed by atoms with Gasteiger partial charge in [-0.15, -0.1) is 0 Å². The summed E-state index contributed by atoms with van der Waals surface area (Å²) < 4.78 is 0. The molecule has 1 heterocycles. The molecule has 1 aliphatic heterocycles. The Hall–Kier alpha value is -1.57. The van der Waals surface area contributed by atoms with Crippen LogP contribution in [0, 0.1) is 5.92 Å². The predicted molar refractivity (Wildman–Crippen MR) is 96.1 cm³/mol. The molecule has 1 N–H and O–H groups in total. The molecule has 1 aliphatic rings. The Morgan fingerprint density at radius 3 is 2.68 bits per heavy atom. The van der Waals surface area contributed by atoms with Gasteiger partial charge in [0, 0.05) is 5.02 Å². The van der Waals surface area contributed by atoms with Gasteiger partial charge < -0.3 is 5.32 Å². The van der Waals surface area contributed by atoms with Crippen LogP contribution in [-0.2, 0) is 0 Å². The molecule has 0 radical (unpaired) electrons.